The summed E-state index contributed by atoms with van der Waals surface area (Å²) in [5.74, 6) is 0.430. The predicted molar refractivity (Wildman–Crippen MR) is 110 cm³/mol. The van der Waals surface area contributed by atoms with E-state index in [4.69, 9.17) is 0 Å². The van der Waals surface area contributed by atoms with Crippen LogP contribution in [0.4, 0.5) is 0 Å². The molecule has 0 nitrogen and oxygen atoms in total. The molecule has 0 saturated heterocycles. The summed E-state index contributed by atoms with van der Waals surface area (Å²) in [6.45, 7) is 16.0. The second-order valence-electron chi connectivity index (χ2n) is 9.26. The van der Waals surface area contributed by atoms with E-state index in [9.17, 15) is 0 Å². The number of rotatable bonds is 1. The highest BCUT2D eigenvalue weighted by molar-refractivity contribution is 9.09. The number of hydrogen-bond acceptors (Lipinski definition) is 0. The van der Waals surface area contributed by atoms with Crippen LogP contribution in [0.5, 0.6) is 0 Å². The molecule has 1 atom stereocenters. The summed E-state index contributed by atoms with van der Waals surface area (Å²) in [6.07, 6.45) is 0. The summed E-state index contributed by atoms with van der Waals surface area (Å²) >= 11 is 3.89. The Labute approximate surface area is 155 Å². The monoisotopic (exact) mass is 384 g/mol. The average Bonchev–Trinajstić information content (AvgIpc) is 2.78. The average molecular weight is 385 g/mol. The Kier molecular flexibility index (Phi) is 4.23. The van der Waals surface area contributed by atoms with Crippen LogP contribution < -0.4 is 0 Å². The van der Waals surface area contributed by atoms with Gasteiger partial charge in [-0.3, -0.25) is 0 Å². The third-order valence-corrected chi connectivity index (χ3v) is 5.78. The number of halogens is 1. The number of benzene rings is 2. The SMILES string of the molecule is CC(Br)C1c2cc(C(C)(C)C)ccc2-c2ccc(C(C)(C)C)cc21. The summed E-state index contributed by atoms with van der Waals surface area (Å²) in [5.41, 5.74) is 8.98. The molecular formula is C23H29Br. The molecule has 0 saturated carbocycles. The normalized spacial score (nSPS) is 16.0. The summed E-state index contributed by atoms with van der Waals surface area (Å²) in [5, 5.41) is 0. The lowest BCUT2D eigenvalue weighted by Crippen LogP contribution is -2.14. The van der Waals surface area contributed by atoms with Gasteiger partial charge in [0.1, 0.15) is 0 Å². The van der Waals surface area contributed by atoms with E-state index in [2.05, 4.69) is 101 Å². The molecule has 2 aromatic carbocycles. The van der Waals surface area contributed by atoms with Crippen molar-refractivity contribution in [2.75, 3.05) is 0 Å². The maximum Gasteiger partial charge on any atom is 0.0227 e. The highest BCUT2D eigenvalue weighted by Gasteiger charge is 2.33. The van der Waals surface area contributed by atoms with E-state index in [1.807, 2.05) is 0 Å². The van der Waals surface area contributed by atoms with Crippen molar-refractivity contribution in [1.29, 1.82) is 0 Å². The molecule has 0 N–H and O–H groups in total. The van der Waals surface area contributed by atoms with E-state index >= 15 is 0 Å². The highest BCUT2D eigenvalue weighted by atomic mass is 79.9. The lowest BCUT2D eigenvalue weighted by atomic mass is 9.83. The first-order valence-corrected chi connectivity index (χ1v) is 9.85. The topological polar surface area (TPSA) is 0 Å². The Morgan fingerprint density at radius 1 is 0.750 bits per heavy atom. The Morgan fingerprint density at radius 2 is 1.12 bits per heavy atom. The maximum absolute atomic E-state index is 3.89. The third-order valence-electron chi connectivity index (χ3n) is 5.25. The molecule has 2 aromatic rings. The lowest BCUT2D eigenvalue weighted by Gasteiger charge is -2.23. The van der Waals surface area contributed by atoms with Gasteiger partial charge in [0.2, 0.25) is 0 Å². The second-order valence-corrected chi connectivity index (χ2v) is 10.7. The van der Waals surface area contributed by atoms with Gasteiger partial charge in [0.25, 0.3) is 0 Å². The van der Waals surface area contributed by atoms with Gasteiger partial charge in [-0.15, -0.1) is 0 Å². The van der Waals surface area contributed by atoms with E-state index in [-0.39, 0.29) is 10.8 Å². The molecule has 0 heterocycles. The van der Waals surface area contributed by atoms with Crippen molar-refractivity contribution in [1.82, 2.24) is 0 Å². The summed E-state index contributed by atoms with van der Waals surface area (Å²) < 4.78 is 0. The molecule has 24 heavy (non-hydrogen) atoms. The van der Waals surface area contributed by atoms with Gasteiger partial charge in [-0.2, -0.15) is 0 Å². The third kappa shape index (κ3) is 2.96. The van der Waals surface area contributed by atoms with Crippen LogP contribution >= 0.6 is 15.9 Å². The molecule has 0 aromatic heterocycles. The van der Waals surface area contributed by atoms with Gasteiger partial charge in [-0.05, 0) is 44.2 Å². The van der Waals surface area contributed by atoms with Crippen molar-refractivity contribution in [3.05, 3.63) is 58.7 Å². The molecule has 0 aliphatic heterocycles. The van der Waals surface area contributed by atoms with Gasteiger partial charge in [-0.25, -0.2) is 0 Å². The quantitative estimate of drug-likeness (QED) is 0.456. The first-order valence-electron chi connectivity index (χ1n) is 8.93. The van der Waals surface area contributed by atoms with Gasteiger partial charge in [0.15, 0.2) is 0 Å². The molecule has 0 fully saturated rings. The van der Waals surface area contributed by atoms with Crippen molar-refractivity contribution < 1.29 is 0 Å². The van der Waals surface area contributed by atoms with Crippen molar-refractivity contribution in [3.63, 3.8) is 0 Å². The van der Waals surface area contributed by atoms with Crippen LogP contribution in [-0.4, -0.2) is 4.83 Å². The Morgan fingerprint density at radius 3 is 1.42 bits per heavy atom. The zero-order chi connectivity index (χ0) is 17.9. The van der Waals surface area contributed by atoms with Gasteiger partial charge in [-0.1, -0.05) is 101 Å². The largest absolute Gasteiger partial charge is 0.0883 e. The number of hydrogen-bond donors (Lipinski definition) is 0. The Bertz CT molecular complexity index is 706. The minimum atomic E-state index is 0.181. The molecule has 0 bridgehead atoms. The molecule has 1 aliphatic carbocycles. The maximum atomic E-state index is 3.89. The molecule has 1 heteroatoms. The minimum absolute atomic E-state index is 0.181. The number of fused-ring (bicyclic) bond motifs is 3. The molecule has 0 amide bonds. The van der Waals surface area contributed by atoms with Crippen LogP contribution in [0.25, 0.3) is 11.1 Å². The molecule has 0 radical (unpaired) electrons. The van der Waals surface area contributed by atoms with Gasteiger partial charge < -0.3 is 0 Å². The second kappa shape index (κ2) is 5.73. The molecule has 3 rings (SSSR count). The van der Waals surface area contributed by atoms with Crippen LogP contribution in [0.2, 0.25) is 0 Å². The summed E-state index contributed by atoms with van der Waals surface area (Å²) in [7, 11) is 0. The summed E-state index contributed by atoms with van der Waals surface area (Å²) in [4.78, 5) is 0.419. The minimum Gasteiger partial charge on any atom is -0.0883 e. The number of alkyl halides is 1. The van der Waals surface area contributed by atoms with E-state index in [0.29, 0.717) is 10.7 Å². The van der Waals surface area contributed by atoms with Crippen LogP contribution in [0.3, 0.4) is 0 Å². The van der Waals surface area contributed by atoms with Crippen molar-refractivity contribution in [2.24, 2.45) is 0 Å². The molecule has 1 unspecified atom stereocenters. The summed E-state index contributed by atoms with van der Waals surface area (Å²) in [6, 6.07) is 14.2. The van der Waals surface area contributed by atoms with E-state index in [1.165, 1.54) is 33.4 Å². The lowest BCUT2D eigenvalue weighted by molar-refractivity contribution is 0.588. The van der Waals surface area contributed by atoms with Crippen molar-refractivity contribution in [2.45, 2.75) is 70.0 Å². The van der Waals surface area contributed by atoms with Gasteiger partial charge in [0, 0.05) is 10.7 Å². The van der Waals surface area contributed by atoms with Crippen LogP contribution in [0.1, 0.15) is 76.6 Å². The molecule has 128 valence electrons. The van der Waals surface area contributed by atoms with E-state index in [0.717, 1.165) is 0 Å². The van der Waals surface area contributed by atoms with E-state index < -0.39 is 0 Å². The van der Waals surface area contributed by atoms with Crippen molar-refractivity contribution >= 4 is 15.9 Å². The molecular weight excluding hydrogens is 356 g/mol. The van der Waals surface area contributed by atoms with Crippen molar-refractivity contribution in [3.8, 4) is 11.1 Å². The predicted octanol–water partition coefficient (Wildman–Crippen LogP) is 7.18. The van der Waals surface area contributed by atoms with Gasteiger partial charge in [0.05, 0.1) is 0 Å². The highest BCUT2D eigenvalue weighted by Crippen LogP contribution is 2.49. The zero-order valence-corrected chi connectivity index (χ0v) is 17.6. The molecule has 1 aliphatic rings. The first-order chi connectivity index (χ1) is 11.0. The smallest absolute Gasteiger partial charge is 0.0227 e. The Hall–Kier alpha value is -1.08. The van der Waals surface area contributed by atoms with E-state index in [1.54, 1.807) is 0 Å². The molecule has 0 spiro atoms. The zero-order valence-electron chi connectivity index (χ0n) is 16.0. The van der Waals surface area contributed by atoms with Crippen LogP contribution in [-0.2, 0) is 10.8 Å². The van der Waals surface area contributed by atoms with Crippen LogP contribution in [0.15, 0.2) is 36.4 Å². The fourth-order valence-corrected chi connectivity index (χ4v) is 4.30. The van der Waals surface area contributed by atoms with Crippen LogP contribution in [0, 0.1) is 0 Å². The Balaban J connectivity index is 2.21. The fraction of sp³-hybridized carbons (Fsp3) is 0.478. The first kappa shape index (κ1) is 17.7. The van der Waals surface area contributed by atoms with Gasteiger partial charge >= 0.3 is 0 Å². The fourth-order valence-electron chi connectivity index (χ4n) is 3.73. The standard InChI is InChI=1S/C23H29Br/c1-14(24)21-19-12-15(22(2,3)4)8-10-17(19)18-11-9-16(13-20(18)21)23(5,6)7/h8-14,21H,1-7H3.